The molecule has 172 valence electrons. The number of hydrogen-bond acceptors (Lipinski definition) is 7. The van der Waals surface area contributed by atoms with Crippen LogP contribution in [0.15, 0.2) is 12.1 Å². The number of nitrogens with two attached hydrogens (primary N) is 1. The number of carbonyl (C=O) groups is 1. The van der Waals surface area contributed by atoms with Gasteiger partial charge in [-0.3, -0.25) is 19.7 Å². The van der Waals surface area contributed by atoms with Crippen LogP contribution in [0.3, 0.4) is 0 Å². The summed E-state index contributed by atoms with van der Waals surface area (Å²) in [6.45, 7) is 2.13. The lowest BCUT2D eigenvalue weighted by molar-refractivity contribution is -0.151. The number of benzene rings is 1. The first-order valence-corrected chi connectivity index (χ1v) is 11.9. The molecule has 4 unspecified atom stereocenters. The summed E-state index contributed by atoms with van der Waals surface area (Å²) in [5.74, 6) is -0.286. The Labute approximate surface area is 196 Å². The standard InChI is InChI=1S/C21H28Cl2N8O/c1-21(24)8-9-4-7-12(21)31(9)20-25-18-14(19(32)29(20)2)16(26-27-18)10-5-6-11-13(15(10)22)17(23)30(3)28-11/h5-6,9,12,14,16,18,20,25-27H,4,7-8,24H2,1-3H3/t9-,12+,14?,16?,18?,20?,21+/m0/s1. The fourth-order valence-electron chi connectivity index (χ4n) is 6.43. The maximum Gasteiger partial charge on any atom is 0.232 e. The van der Waals surface area contributed by atoms with Gasteiger partial charge in [-0.2, -0.15) is 5.10 Å². The highest BCUT2D eigenvalue weighted by Crippen LogP contribution is 2.46. The molecule has 1 amide bonds. The number of halogens is 2. The predicted molar refractivity (Wildman–Crippen MR) is 123 cm³/mol. The molecule has 5 heterocycles. The number of rotatable bonds is 2. The Morgan fingerprint density at radius 1 is 1.22 bits per heavy atom. The third-order valence-electron chi connectivity index (χ3n) is 7.95. The lowest BCUT2D eigenvalue weighted by Crippen LogP contribution is -2.70. The monoisotopic (exact) mass is 478 g/mol. The van der Waals surface area contributed by atoms with E-state index in [1.54, 1.807) is 11.7 Å². The average Bonchev–Trinajstić information content (AvgIpc) is 3.46. The zero-order chi connectivity index (χ0) is 22.5. The molecule has 32 heavy (non-hydrogen) atoms. The molecule has 1 aromatic heterocycles. The second-order valence-corrected chi connectivity index (χ2v) is 10.7. The van der Waals surface area contributed by atoms with Gasteiger partial charge in [0.1, 0.15) is 11.4 Å². The van der Waals surface area contributed by atoms with E-state index < -0.39 is 0 Å². The number of aryl methyl sites for hydroxylation is 1. The molecule has 5 N–H and O–H groups in total. The maximum absolute atomic E-state index is 13.7. The summed E-state index contributed by atoms with van der Waals surface area (Å²) in [4.78, 5) is 17.9. The molecule has 4 saturated heterocycles. The third-order valence-corrected chi connectivity index (χ3v) is 8.79. The van der Waals surface area contributed by atoms with E-state index in [0.717, 1.165) is 30.3 Å². The topological polar surface area (TPSA) is 103 Å². The van der Waals surface area contributed by atoms with Gasteiger partial charge < -0.3 is 10.6 Å². The van der Waals surface area contributed by atoms with Crippen molar-refractivity contribution in [3.05, 3.63) is 27.9 Å². The van der Waals surface area contributed by atoms with Gasteiger partial charge in [0.15, 0.2) is 0 Å². The molecule has 2 bridgehead atoms. The van der Waals surface area contributed by atoms with Gasteiger partial charge in [0, 0.05) is 31.7 Å². The SMILES string of the molecule is CN1C(=O)C2C(NNC2c2ccc3nn(C)c(Cl)c3c2Cl)NC1N1[C@H]2CC[C@@H]1[C@](C)(N)C2. The first-order valence-electron chi connectivity index (χ1n) is 11.1. The largest absolute Gasteiger partial charge is 0.324 e. The summed E-state index contributed by atoms with van der Waals surface area (Å²) >= 11 is 13.2. The van der Waals surface area contributed by atoms with E-state index in [1.807, 2.05) is 24.1 Å². The maximum atomic E-state index is 13.7. The van der Waals surface area contributed by atoms with Crippen molar-refractivity contribution >= 4 is 40.0 Å². The van der Waals surface area contributed by atoms with Crippen molar-refractivity contribution in [2.75, 3.05) is 7.05 Å². The molecular formula is C21H28Cl2N8O. The van der Waals surface area contributed by atoms with Crippen LogP contribution in [0.25, 0.3) is 10.9 Å². The van der Waals surface area contributed by atoms with Gasteiger partial charge >= 0.3 is 0 Å². The minimum Gasteiger partial charge on any atom is -0.324 e. The Hall–Kier alpha value is -1.46. The number of nitrogens with one attached hydrogen (secondary N) is 3. The molecule has 0 spiro atoms. The fourth-order valence-corrected chi connectivity index (χ4v) is 7.08. The van der Waals surface area contributed by atoms with Crippen LogP contribution in [0, 0.1) is 5.92 Å². The quantitative estimate of drug-likeness (QED) is 0.515. The van der Waals surface area contributed by atoms with Crippen molar-refractivity contribution in [1.29, 1.82) is 0 Å². The fraction of sp³-hybridized carbons (Fsp3) is 0.619. The van der Waals surface area contributed by atoms with Gasteiger partial charge in [0.2, 0.25) is 5.91 Å². The van der Waals surface area contributed by atoms with Crippen LogP contribution in [0.4, 0.5) is 0 Å². The van der Waals surface area contributed by atoms with Crippen LogP contribution in [0.5, 0.6) is 0 Å². The molecule has 0 radical (unpaired) electrons. The minimum absolute atomic E-state index is 0.0692. The van der Waals surface area contributed by atoms with Crippen LogP contribution in [0.2, 0.25) is 10.2 Å². The van der Waals surface area contributed by atoms with Crippen LogP contribution >= 0.6 is 23.2 Å². The van der Waals surface area contributed by atoms with Crippen LogP contribution in [-0.2, 0) is 11.8 Å². The van der Waals surface area contributed by atoms with Gasteiger partial charge in [0.25, 0.3) is 0 Å². The minimum atomic E-state index is -0.355. The first-order chi connectivity index (χ1) is 15.2. The highest BCUT2D eigenvalue weighted by atomic mass is 35.5. The Balaban J connectivity index is 1.32. The molecule has 4 fully saturated rings. The third kappa shape index (κ3) is 2.76. The molecule has 9 nitrogen and oxygen atoms in total. The molecule has 0 saturated carbocycles. The molecule has 11 heteroatoms. The van der Waals surface area contributed by atoms with E-state index in [-0.39, 0.29) is 41.9 Å². The van der Waals surface area contributed by atoms with Crippen molar-refractivity contribution in [2.24, 2.45) is 18.7 Å². The van der Waals surface area contributed by atoms with Gasteiger partial charge in [-0.05, 0) is 37.8 Å². The first kappa shape index (κ1) is 21.1. The smallest absolute Gasteiger partial charge is 0.232 e. The van der Waals surface area contributed by atoms with Crippen molar-refractivity contribution < 1.29 is 4.79 Å². The normalized spacial score (nSPS) is 39.4. The summed E-state index contributed by atoms with van der Waals surface area (Å²) in [6, 6.07) is 4.19. The van der Waals surface area contributed by atoms with Gasteiger partial charge in [-0.15, -0.1) is 0 Å². The summed E-state index contributed by atoms with van der Waals surface area (Å²) in [6.07, 6.45) is 2.74. The van der Waals surface area contributed by atoms with Crippen molar-refractivity contribution in [3.63, 3.8) is 0 Å². The van der Waals surface area contributed by atoms with E-state index >= 15 is 0 Å². The summed E-state index contributed by atoms with van der Waals surface area (Å²) in [7, 11) is 3.66. The second-order valence-electron chi connectivity index (χ2n) is 9.94. The molecule has 0 aliphatic carbocycles. The van der Waals surface area contributed by atoms with Crippen LogP contribution < -0.4 is 21.9 Å². The molecule has 4 aliphatic rings. The number of aromatic nitrogens is 2. The van der Waals surface area contributed by atoms with Gasteiger partial charge in [-0.25, -0.2) is 10.9 Å². The van der Waals surface area contributed by atoms with E-state index in [4.69, 9.17) is 28.9 Å². The zero-order valence-corrected chi connectivity index (χ0v) is 19.8. The molecule has 2 aromatic rings. The van der Waals surface area contributed by atoms with E-state index in [9.17, 15) is 4.79 Å². The van der Waals surface area contributed by atoms with Crippen molar-refractivity contribution in [3.8, 4) is 0 Å². The van der Waals surface area contributed by atoms with E-state index in [1.165, 1.54) is 0 Å². The summed E-state index contributed by atoms with van der Waals surface area (Å²) in [5, 5.41) is 9.77. The van der Waals surface area contributed by atoms with Crippen molar-refractivity contribution in [2.45, 2.75) is 62.3 Å². The highest BCUT2D eigenvalue weighted by Gasteiger charge is 2.58. The number of hydrazine groups is 1. The Morgan fingerprint density at radius 2 is 2.00 bits per heavy atom. The van der Waals surface area contributed by atoms with Gasteiger partial charge in [-0.1, -0.05) is 29.3 Å². The zero-order valence-electron chi connectivity index (χ0n) is 18.3. The molecule has 4 aliphatic heterocycles. The molecule has 7 atom stereocenters. The van der Waals surface area contributed by atoms with Crippen LogP contribution in [-0.4, -0.2) is 62.6 Å². The Morgan fingerprint density at radius 3 is 2.69 bits per heavy atom. The molecular weight excluding hydrogens is 451 g/mol. The van der Waals surface area contributed by atoms with Crippen LogP contribution in [0.1, 0.15) is 37.8 Å². The van der Waals surface area contributed by atoms with Crippen molar-refractivity contribution in [1.82, 2.24) is 35.7 Å². The van der Waals surface area contributed by atoms with E-state index in [2.05, 4.69) is 33.1 Å². The number of nitrogens with zero attached hydrogens (tertiary/aromatic N) is 4. The second kappa shape index (κ2) is 7.02. The Bertz CT molecular complexity index is 1120. The highest BCUT2D eigenvalue weighted by molar-refractivity contribution is 6.42. The molecule has 6 rings (SSSR count). The number of fused-ring (bicyclic) bond motifs is 4. The summed E-state index contributed by atoms with van der Waals surface area (Å²) < 4.78 is 1.60. The number of hydrogen-bond donors (Lipinski definition) is 4. The number of amides is 1. The lowest BCUT2D eigenvalue weighted by Gasteiger charge is -2.46. The summed E-state index contributed by atoms with van der Waals surface area (Å²) in [5.41, 5.74) is 14.5. The predicted octanol–water partition coefficient (Wildman–Crippen LogP) is 1.27. The molecule has 1 aromatic carbocycles. The van der Waals surface area contributed by atoms with E-state index in [0.29, 0.717) is 21.6 Å². The van der Waals surface area contributed by atoms with Gasteiger partial charge in [0.05, 0.1) is 34.1 Å². The average molecular weight is 479 g/mol. The number of carbonyl (C=O) groups excluding carboxylic acids is 1. The lowest BCUT2D eigenvalue weighted by atomic mass is 9.84. The Kier molecular flexibility index (Phi) is 4.63.